The van der Waals surface area contributed by atoms with Gasteiger partial charge in [0.25, 0.3) is 0 Å². The number of alkyl halides is 1. The van der Waals surface area contributed by atoms with Gasteiger partial charge >= 0.3 is 0 Å². The van der Waals surface area contributed by atoms with Gasteiger partial charge in [-0.15, -0.1) is 11.6 Å². The van der Waals surface area contributed by atoms with Crippen LogP contribution in [0.25, 0.3) is 0 Å². The third-order valence-corrected chi connectivity index (χ3v) is 5.28. The molecule has 1 saturated carbocycles. The van der Waals surface area contributed by atoms with Gasteiger partial charge in [0.1, 0.15) is 0 Å². The van der Waals surface area contributed by atoms with Gasteiger partial charge in [-0.3, -0.25) is 4.79 Å². The number of carbonyl (C=O) groups excluding carboxylic acids is 1. The molecule has 0 radical (unpaired) electrons. The van der Waals surface area contributed by atoms with Crippen LogP contribution in [0, 0.1) is 11.8 Å². The van der Waals surface area contributed by atoms with E-state index in [0.29, 0.717) is 11.8 Å². The van der Waals surface area contributed by atoms with Crippen LogP contribution >= 0.6 is 11.6 Å². The molecule has 1 saturated heterocycles. The number of rotatable bonds is 3. The molecule has 1 heterocycles. The molecule has 3 heteroatoms. The molecule has 0 spiro atoms. The zero-order chi connectivity index (χ0) is 13.0. The molecule has 1 aliphatic carbocycles. The molecule has 1 amide bonds. The molecule has 0 aromatic rings. The van der Waals surface area contributed by atoms with Gasteiger partial charge in [0.2, 0.25) is 5.91 Å². The van der Waals surface area contributed by atoms with E-state index in [-0.39, 0.29) is 5.38 Å². The van der Waals surface area contributed by atoms with E-state index in [9.17, 15) is 4.79 Å². The summed E-state index contributed by atoms with van der Waals surface area (Å²) in [6.45, 7) is 3.85. The number of hydrogen-bond donors (Lipinski definition) is 0. The smallest absolute Gasteiger partial charge is 0.222 e. The molecule has 2 unspecified atom stereocenters. The van der Waals surface area contributed by atoms with Crippen molar-refractivity contribution in [3.05, 3.63) is 0 Å². The normalized spacial score (nSPS) is 30.4. The molecule has 104 valence electrons. The summed E-state index contributed by atoms with van der Waals surface area (Å²) in [4.78, 5) is 14.1. The van der Waals surface area contributed by atoms with E-state index < -0.39 is 0 Å². The Morgan fingerprint density at radius 2 is 1.94 bits per heavy atom. The van der Waals surface area contributed by atoms with Gasteiger partial charge in [-0.2, -0.15) is 0 Å². The van der Waals surface area contributed by atoms with Gasteiger partial charge in [-0.1, -0.05) is 39.0 Å². The highest BCUT2D eigenvalue weighted by molar-refractivity contribution is 6.21. The monoisotopic (exact) mass is 271 g/mol. The highest BCUT2D eigenvalue weighted by Crippen LogP contribution is 2.28. The van der Waals surface area contributed by atoms with Gasteiger partial charge in [0, 0.05) is 19.5 Å². The van der Waals surface area contributed by atoms with Crippen molar-refractivity contribution in [2.24, 2.45) is 11.8 Å². The molecule has 2 fully saturated rings. The van der Waals surface area contributed by atoms with Crippen molar-refractivity contribution < 1.29 is 4.79 Å². The lowest BCUT2D eigenvalue weighted by atomic mass is 9.86. The van der Waals surface area contributed by atoms with Crippen molar-refractivity contribution in [1.29, 1.82) is 0 Å². The standard InChI is InChI=1S/C15H26ClNO/c1-12-9-10-17(11-14(12)16)15(18)8-7-13-5-3-2-4-6-13/h12-14H,2-11H2,1H3. The lowest BCUT2D eigenvalue weighted by Gasteiger charge is -2.34. The van der Waals surface area contributed by atoms with Crippen molar-refractivity contribution in [2.75, 3.05) is 13.1 Å². The van der Waals surface area contributed by atoms with E-state index in [4.69, 9.17) is 11.6 Å². The number of nitrogens with zero attached hydrogens (tertiary/aromatic N) is 1. The summed E-state index contributed by atoms with van der Waals surface area (Å²) in [5.74, 6) is 1.69. The van der Waals surface area contributed by atoms with Gasteiger partial charge in [-0.25, -0.2) is 0 Å². The summed E-state index contributed by atoms with van der Waals surface area (Å²) < 4.78 is 0. The predicted octanol–water partition coefficient (Wildman–Crippen LogP) is 3.82. The van der Waals surface area contributed by atoms with Crippen LogP contribution in [0.3, 0.4) is 0 Å². The van der Waals surface area contributed by atoms with Crippen molar-refractivity contribution in [2.45, 2.75) is 63.7 Å². The van der Waals surface area contributed by atoms with Gasteiger partial charge in [0.15, 0.2) is 0 Å². The van der Waals surface area contributed by atoms with Crippen LogP contribution in [0.15, 0.2) is 0 Å². The summed E-state index contributed by atoms with van der Waals surface area (Å²) in [5, 5.41) is 0.150. The average molecular weight is 272 g/mol. The number of hydrogen-bond acceptors (Lipinski definition) is 1. The summed E-state index contributed by atoms with van der Waals surface area (Å²) >= 11 is 6.26. The Kier molecular flexibility index (Phi) is 5.35. The predicted molar refractivity (Wildman–Crippen MR) is 75.8 cm³/mol. The first-order valence-electron chi connectivity index (χ1n) is 7.58. The molecular formula is C15H26ClNO. The zero-order valence-corrected chi connectivity index (χ0v) is 12.3. The maximum Gasteiger partial charge on any atom is 0.222 e. The van der Waals surface area contributed by atoms with Crippen molar-refractivity contribution in [3.8, 4) is 0 Å². The Morgan fingerprint density at radius 3 is 2.61 bits per heavy atom. The number of likely N-dealkylation sites (tertiary alicyclic amines) is 1. The van der Waals surface area contributed by atoms with Crippen LogP contribution < -0.4 is 0 Å². The van der Waals surface area contributed by atoms with Crippen LogP contribution in [-0.2, 0) is 4.79 Å². The molecule has 0 aromatic heterocycles. The zero-order valence-electron chi connectivity index (χ0n) is 11.5. The van der Waals surface area contributed by atoms with Crippen LogP contribution in [0.2, 0.25) is 0 Å². The largest absolute Gasteiger partial charge is 0.341 e. The fraction of sp³-hybridized carbons (Fsp3) is 0.933. The fourth-order valence-electron chi connectivity index (χ4n) is 3.21. The third kappa shape index (κ3) is 3.88. The molecule has 2 rings (SSSR count). The lowest BCUT2D eigenvalue weighted by molar-refractivity contribution is -0.132. The average Bonchev–Trinajstić information content (AvgIpc) is 2.40. The number of amides is 1. The molecule has 2 atom stereocenters. The second-order valence-electron chi connectivity index (χ2n) is 6.16. The van der Waals surface area contributed by atoms with Crippen LogP contribution in [0.4, 0.5) is 0 Å². The maximum absolute atomic E-state index is 12.2. The van der Waals surface area contributed by atoms with E-state index in [1.165, 1.54) is 32.1 Å². The second-order valence-corrected chi connectivity index (χ2v) is 6.73. The molecule has 18 heavy (non-hydrogen) atoms. The van der Waals surface area contributed by atoms with Gasteiger partial charge in [-0.05, 0) is 24.7 Å². The van der Waals surface area contributed by atoms with Crippen LogP contribution in [-0.4, -0.2) is 29.3 Å². The number of halogens is 1. The summed E-state index contributed by atoms with van der Waals surface area (Å²) in [7, 11) is 0. The van der Waals surface area contributed by atoms with Crippen LogP contribution in [0.1, 0.15) is 58.3 Å². The molecule has 0 bridgehead atoms. The Hall–Kier alpha value is -0.240. The van der Waals surface area contributed by atoms with E-state index in [1.807, 2.05) is 4.90 Å². The Labute approximate surface area is 116 Å². The first kappa shape index (κ1) is 14.2. The Balaban J connectivity index is 1.70. The lowest BCUT2D eigenvalue weighted by Crippen LogP contribution is -2.43. The molecule has 0 N–H and O–H groups in total. The molecule has 1 aliphatic heterocycles. The SMILES string of the molecule is CC1CCN(C(=O)CCC2CCCCC2)CC1Cl. The van der Waals surface area contributed by atoms with Gasteiger partial charge in [0.05, 0.1) is 5.38 Å². The van der Waals surface area contributed by atoms with E-state index >= 15 is 0 Å². The fourth-order valence-corrected chi connectivity index (χ4v) is 3.50. The van der Waals surface area contributed by atoms with Gasteiger partial charge < -0.3 is 4.90 Å². The quantitative estimate of drug-likeness (QED) is 0.715. The van der Waals surface area contributed by atoms with Crippen molar-refractivity contribution in [1.82, 2.24) is 4.90 Å². The van der Waals surface area contributed by atoms with E-state index in [1.54, 1.807) is 0 Å². The van der Waals surface area contributed by atoms with E-state index in [2.05, 4.69) is 6.92 Å². The van der Waals surface area contributed by atoms with Crippen molar-refractivity contribution in [3.63, 3.8) is 0 Å². The Bertz CT molecular complexity index is 276. The molecule has 0 aromatic carbocycles. The molecule has 2 nitrogen and oxygen atoms in total. The second kappa shape index (κ2) is 6.79. The van der Waals surface area contributed by atoms with E-state index in [0.717, 1.165) is 38.3 Å². The minimum Gasteiger partial charge on any atom is -0.341 e. The first-order valence-corrected chi connectivity index (χ1v) is 8.02. The Morgan fingerprint density at radius 1 is 1.22 bits per heavy atom. The first-order chi connectivity index (χ1) is 8.66. The highest BCUT2D eigenvalue weighted by Gasteiger charge is 2.27. The van der Waals surface area contributed by atoms with Crippen LogP contribution in [0.5, 0.6) is 0 Å². The topological polar surface area (TPSA) is 20.3 Å². The highest BCUT2D eigenvalue weighted by atomic mass is 35.5. The number of piperidine rings is 1. The maximum atomic E-state index is 12.2. The van der Waals surface area contributed by atoms with Crippen molar-refractivity contribution >= 4 is 17.5 Å². The summed E-state index contributed by atoms with van der Waals surface area (Å²) in [5.41, 5.74) is 0. The summed E-state index contributed by atoms with van der Waals surface area (Å²) in [6, 6.07) is 0. The number of carbonyl (C=O) groups is 1. The molecular weight excluding hydrogens is 246 g/mol. The summed E-state index contributed by atoms with van der Waals surface area (Å²) in [6.07, 6.45) is 9.69. The molecule has 2 aliphatic rings. The third-order valence-electron chi connectivity index (χ3n) is 4.71. The minimum atomic E-state index is 0.150. The minimum absolute atomic E-state index is 0.150.